The minimum Gasteiger partial charge on any atom is -0.468 e. The van der Waals surface area contributed by atoms with Gasteiger partial charge in [-0.25, -0.2) is 0 Å². The van der Waals surface area contributed by atoms with Crippen molar-refractivity contribution in [1.82, 2.24) is 0 Å². The van der Waals surface area contributed by atoms with E-state index in [9.17, 15) is 4.79 Å². The summed E-state index contributed by atoms with van der Waals surface area (Å²) in [6.45, 7) is 6.29. The first kappa shape index (κ1) is 14.7. The van der Waals surface area contributed by atoms with Crippen LogP contribution >= 0.6 is 0 Å². The zero-order chi connectivity index (χ0) is 13.7. The van der Waals surface area contributed by atoms with Crippen LogP contribution in [0.15, 0.2) is 18.2 Å². The van der Waals surface area contributed by atoms with Crippen LogP contribution in [-0.2, 0) is 9.53 Å². The van der Waals surface area contributed by atoms with Crippen molar-refractivity contribution < 1.29 is 9.53 Å². The Bertz CT molecular complexity index is 395. The van der Waals surface area contributed by atoms with E-state index in [0.29, 0.717) is 12.3 Å². The fraction of sp³-hybridized carbons (Fsp3) is 0.533. The molecule has 0 aromatic heterocycles. The van der Waals surface area contributed by atoms with Crippen molar-refractivity contribution in [3.05, 3.63) is 34.9 Å². The van der Waals surface area contributed by atoms with Gasteiger partial charge in [0.1, 0.15) is 6.04 Å². The third kappa shape index (κ3) is 3.84. The number of hydrogen-bond acceptors (Lipinski definition) is 3. The van der Waals surface area contributed by atoms with Crippen molar-refractivity contribution in [3.8, 4) is 0 Å². The number of ether oxygens (including phenoxy) is 1. The number of carbonyl (C=O) groups excluding carboxylic acids is 1. The lowest BCUT2D eigenvalue weighted by atomic mass is 9.88. The van der Waals surface area contributed by atoms with Crippen LogP contribution in [-0.4, -0.2) is 19.1 Å². The van der Waals surface area contributed by atoms with Crippen LogP contribution in [0.5, 0.6) is 0 Å². The van der Waals surface area contributed by atoms with Crippen LogP contribution in [0.25, 0.3) is 0 Å². The summed E-state index contributed by atoms with van der Waals surface area (Å²) in [6, 6.07) is 5.95. The Hall–Kier alpha value is -1.35. The van der Waals surface area contributed by atoms with Gasteiger partial charge in [0.25, 0.3) is 0 Å². The topological polar surface area (TPSA) is 52.3 Å². The average molecular weight is 249 g/mol. The maximum absolute atomic E-state index is 11.4. The first-order valence-corrected chi connectivity index (χ1v) is 6.39. The summed E-state index contributed by atoms with van der Waals surface area (Å²) in [5.74, 6) is -0.0319. The van der Waals surface area contributed by atoms with Crippen molar-refractivity contribution in [1.29, 1.82) is 0 Å². The Kier molecular flexibility index (Phi) is 5.35. The molecule has 2 unspecified atom stereocenters. The number of esters is 1. The number of methoxy groups -OCH3 is 1. The molecular weight excluding hydrogens is 226 g/mol. The Balaban J connectivity index is 2.86. The number of hydrogen-bond donors (Lipinski definition) is 1. The molecule has 0 heterocycles. The van der Waals surface area contributed by atoms with E-state index in [1.807, 2.05) is 0 Å². The molecule has 0 spiro atoms. The Morgan fingerprint density at radius 1 is 1.28 bits per heavy atom. The fourth-order valence-electron chi connectivity index (χ4n) is 2.34. The van der Waals surface area contributed by atoms with Crippen molar-refractivity contribution >= 4 is 5.97 Å². The summed E-state index contributed by atoms with van der Waals surface area (Å²) < 4.78 is 4.68. The average Bonchev–Trinajstić information content (AvgIpc) is 2.33. The molecule has 3 nitrogen and oxygen atoms in total. The molecular formula is C15H23NO2. The molecule has 2 atom stereocenters. The minimum atomic E-state index is -0.541. The van der Waals surface area contributed by atoms with Gasteiger partial charge in [0.05, 0.1) is 7.11 Å². The highest BCUT2D eigenvalue weighted by Gasteiger charge is 2.20. The van der Waals surface area contributed by atoms with Crippen LogP contribution in [0.4, 0.5) is 0 Å². The first-order chi connectivity index (χ1) is 8.47. The molecule has 1 aromatic rings. The maximum atomic E-state index is 11.4. The van der Waals surface area contributed by atoms with Crippen molar-refractivity contribution in [2.24, 2.45) is 5.73 Å². The molecule has 2 N–H and O–H groups in total. The molecule has 0 aliphatic heterocycles. The molecule has 18 heavy (non-hydrogen) atoms. The second kappa shape index (κ2) is 6.55. The van der Waals surface area contributed by atoms with Gasteiger partial charge in [-0.15, -0.1) is 0 Å². The van der Waals surface area contributed by atoms with Gasteiger partial charge >= 0.3 is 5.97 Å². The Morgan fingerprint density at radius 3 is 2.28 bits per heavy atom. The highest BCUT2D eigenvalue weighted by molar-refractivity contribution is 5.75. The number of rotatable bonds is 5. The smallest absolute Gasteiger partial charge is 0.322 e. The third-order valence-corrected chi connectivity index (χ3v) is 3.25. The predicted octanol–water partition coefficient (Wildman–Crippen LogP) is 2.69. The highest BCUT2D eigenvalue weighted by atomic mass is 16.5. The monoisotopic (exact) mass is 249 g/mol. The van der Waals surface area contributed by atoms with Crippen molar-refractivity contribution in [3.63, 3.8) is 0 Å². The summed E-state index contributed by atoms with van der Waals surface area (Å²) >= 11 is 0. The van der Waals surface area contributed by atoms with E-state index in [2.05, 4.69) is 43.7 Å². The fourth-order valence-corrected chi connectivity index (χ4v) is 2.34. The standard InChI is InChI=1S/C15H23NO2/c1-5-12(9-14(16)15(17)18-4)13-7-10(2)6-11(3)8-13/h6-8,12,14H,5,9,16H2,1-4H3. The molecule has 0 saturated heterocycles. The molecule has 0 aliphatic carbocycles. The largest absolute Gasteiger partial charge is 0.468 e. The van der Waals surface area contributed by atoms with Crippen molar-refractivity contribution in [2.75, 3.05) is 7.11 Å². The van der Waals surface area contributed by atoms with Gasteiger partial charge in [-0.1, -0.05) is 36.2 Å². The minimum absolute atomic E-state index is 0.303. The van der Waals surface area contributed by atoms with Gasteiger partial charge in [0, 0.05) is 0 Å². The van der Waals surface area contributed by atoms with E-state index in [4.69, 9.17) is 5.73 Å². The summed E-state index contributed by atoms with van der Waals surface area (Å²) in [5.41, 5.74) is 9.59. The highest BCUT2D eigenvalue weighted by Crippen LogP contribution is 2.26. The van der Waals surface area contributed by atoms with Gasteiger partial charge in [-0.05, 0) is 38.2 Å². The quantitative estimate of drug-likeness (QED) is 0.816. The zero-order valence-corrected chi connectivity index (χ0v) is 11.7. The van der Waals surface area contributed by atoms with Crippen molar-refractivity contribution in [2.45, 2.75) is 45.6 Å². The van der Waals surface area contributed by atoms with E-state index >= 15 is 0 Å². The first-order valence-electron chi connectivity index (χ1n) is 6.39. The lowest BCUT2D eigenvalue weighted by molar-refractivity contribution is -0.142. The van der Waals surface area contributed by atoms with E-state index in [-0.39, 0.29) is 5.97 Å². The molecule has 0 amide bonds. The van der Waals surface area contributed by atoms with Gasteiger partial charge in [-0.3, -0.25) is 4.79 Å². The summed E-state index contributed by atoms with van der Waals surface area (Å²) in [7, 11) is 1.37. The van der Waals surface area contributed by atoms with Gasteiger partial charge < -0.3 is 10.5 Å². The second-order valence-corrected chi connectivity index (χ2v) is 4.89. The normalized spacial score (nSPS) is 14.1. The second-order valence-electron chi connectivity index (χ2n) is 4.89. The van der Waals surface area contributed by atoms with Gasteiger partial charge in [0.15, 0.2) is 0 Å². The zero-order valence-electron chi connectivity index (χ0n) is 11.7. The van der Waals surface area contributed by atoms with Crippen LogP contribution in [0.3, 0.4) is 0 Å². The Morgan fingerprint density at radius 2 is 1.83 bits per heavy atom. The van der Waals surface area contributed by atoms with Crippen LogP contribution < -0.4 is 5.73 Å². The summed E-state index contributed by atoms with van der Waals surface area (Å²) in [6.07, 6.45) is 1.60. The number of nitrogens with two attached hydrogens (primary N) is 1. The predicted molar refractivity (Wildman–Crippen MR) is 73.6 cm³/mol. The molecule has 0 saturated carbocycles. The molecule has 100 valence electrons. The SMILES string of the molecule is CCC(CC(N)C(=O)OC)c1cc(C)cc(C)c1. The van der Waals surface area contributed by atoms with E-state index in [1.165, 1.54) is 23.8 Å². The third-order valence-electron chi connectivity index (χ3n) is 3.25. The summed E-state index contributed by atoms with van der Waals surface area (Å²) in [5, 5.41) is 0. The van der Waals surface area contributed by atoms with Crippen LogP contribution in [0.1, 0.15) is 42.4 Å². The molecule has 0 fully saturated rings. The number of carbonyl (C=O) groups is 1. The molecule has 1 aromatic carbocycles. The van der Waals surface area contributed by atoms with Gasteiger partial charge in [-0.2, -0.15) is 0 Å². The molecule has 3 heteroatoms. The van der Waals surface area contributed by atoms with E-state index in [1.54, 1.807) is 0 Å². The molecule has 0 bridgehead atoms. The number of aryl methyl sites for hydroxylation is 2. The summed E-state index contributed by atoms with van der Waals surface area (Å²) in [4.78, 5) is 11.4. The van der Waals surface area contributed by atoms with E-state index < -0.39 is 6.04 Å². The van der Waals surface area contributed by atoms with E-state index in [0.717, 1.165) is 6.42 Å². The Labute approximate surface area is 109 Å². The van der Waals surface area contributed by atoms with Crippen LogP contribution in [0.2, 0.25) is 0 Å². The number of benzene rings is 1. The lowest BCUT2D eigenvalue weighted by Crippen LogP contribution is -2.33. The van der Waals surface area contributed by atoms with Crippen LogP contribution in [0, 0.1) is 13.8 Å². The lowest BCUT2D eigenvalue weighted by Gasteiger charge is -2.19. The molecule has 1 rings (SSSR count). The molecule has 0 radical (unpaired) electrons. The molecule has 0 aliphatic rings. The van der Waals surface area contributed by atoms with Gasteiger partial charge in [0.2, 0.25) is 0 Å². The maximum Gasteiger partial charge on any atom is 0.322 e.